The van der Waals surface area contributed by atoms with E-state index in [1.54, 1.807) is 0 Å². The van der Waals surface area contributed by atoms with Crippen LogP contribution in [0.15, 0.2) is 12.1 Å². The maximum atomic E-state index is 13.1. The van der Waals surface area contributed by atoms with Crippen LogP contribution in [-0.4, -0.2) is 11.6 Å². The number of benzene rings is 2. The van der Waals surface area contributed by atoms with E-state index in [1.165, 1.54) is 0 Å². The van der Waals surface area contributed by atoms with Gasteiger partial charge in [-0.3, -0.25) is 9.59 Å². The number of hydrogen-bond donors (Lipinski definition) is 0. The molecule has 112 valence electrons. The van der Waals surface area contributed by atoms with Crippen molar-refractivity contribution in [1.29, 1.82) is 0 Å². The van der Waals surface area contributed by atoms with Crippen molar-refractivity contribution in [1.82, 2.24) is 0 Å². The third kappa shape index (κ3) is 1.73. The summed E-state index contributed by atoms with van der Waals surface area (Å²) in [6.07, 6.45) is 0. The number of fused-ring (bicyclic) bond motifs is 2. The summed E-state index contributed by atoms with van der Waals surface area (Å²) in [7, 11) is 0. The lowest BCUT2D eigenvalue weighted by Crippen LogP contribution is -2.26. The summed E-state index contributed by atoms with van der Waals surface area (Å²) in [4.78, 5) is 26.2. The standard InChI is InChI=1S/C20H20O2/c1-9-7-11(3)15-17(13(9)5)19(21)16-12(4)8-10(2)14(6)18(16)20(15)22/h7-8H,1-6H3. The molecule has 0 unspecified atom stereocenters. The SMILES string of the molecule is Cc1cc(C)c2c(c1C)C(=O)c1c(C)cc(C)c(C)c1C2=O. The van der Waals surface area contributed by atoms with Crippen LogP contribution in [-0.2, 0) is 0 Å². The monoisotopic (exact) mass is 292 g/mol. The van der Waals surface area contributed by atoms with Gasteiger partial charge in [0.25, 0.3) is 0 Å². The number of carbonyl (C=O) groups is 2. The smallest absolute Gasteiger partial charge is 0.195 e. The van der Waals surface area contributed by atoms with Crippen LogP contribution in [0.3, 0.4) is 0 Å². The lowest BCUT2D eigenvalue weighted by atomic mass is 9.75. The van der Waals surface area contributed by atoms with Crippen LogP contribution in [0.5, 0.6) is 0 Å². The Morgan fingerprint density at radius 3 is 1.14 bits per heavy atom. The van der Waals surface area contributed by atoms with Gasteiger partial charge in [0, 0.05) is 22.3 Å². The molecule has 2 nitrogen and oxygen atoms in total. The van der Waals surface area contributed by atoms with Gasteiger partial charge in [-0.05, 0) is 74.9 Å². The number of rotatable bonds is 0. The van der Waals surface area contributed by atoms with E-state index in [0.29, 0.717) is 22.3 Å². The van der Waals surface area contributed by atoms with E-state index < -0.39 is 0 Å². The van der Waals surface area contributed by atoms with Crippen LogP contribution in [0.2, 0.25) is 0 Å². The van der Waals surface area contributed by atoms with Gasteiger partial charge in [0.15, 0.2) is 11.6 Å². The average molecular weight is 292 g/mol. The van der Waals surface area contributed by atoms with Gasteiger partial charge in [-0.25, -0.2) is 0 Å². The topological polar surface area (TPSA) is 34.1 Å². The Morgan fingerprint density at radius 1 is 0.500 bits per heavy atom. The lowest BCUT2D eigenvalue weighted by Gasteiger charge is -2.25. The van der Waals surface area contributed by atoms with Gasteiger partial charge in [-0.1, -0.05) is 12.1 Å². The van der Waals surface area contributed by atoms with Crippen molar-refractivity contribution in [2.45, 2.75) is 41.5 Å². The molecule has 0 saturated carbocycles. The Morgan fingerprint density at radius 2 is 0.818 bits per heavy atom. The van der Waals surface area contributed by atoms with Gasteiger partial charge in [-0.15, -0.1) is 0 Å². The molecule has 0 amide bonds. The highest BCUT2D eigenvalue weighted by Crippen LogP contribution is 2.36. The molecule has 0 heterocycles. The molecule has 0 fully saturated rings. The summed E-state index contributed by atoms with van der Waals surface area (Å²) in [5.41, 5.74) is 8.11. The fraction of sp³-hybridized carbons (Fsp3) is 0.300. The van der Waals surface area contributed by atoms with Crippen molar-refractivity contribution in [3.63, 3.8) is 0 Å². The predicted octanol–water partition coefficient (Wildman–Crippen LogP) is 4.31. The second-order valence-corrected chi connectivity index (χ2v) is 6.43. The molecule has 2 heteroatoms. The molecule has 0 atom stereocenters. The van der Waals surface area contributed by atoms with E-state index in [1.807, 2.05) is 53.7 Å². The van der Waals surface area contributed by atoms with Crippen molar-refractivity contribution >= 4 is 11.6 Å². The second-order valence-electron chi connectivity index (χ2n) is 6.43. The Balaban J connectivity index is 2.49. The summed E-state index contributed by atoms with van der Waals surface area (Å²) in [5.74, 6) is -0.0102. The molecule has 0 radical (unpaired) electrons. The molecule has 0 saturated heterocycles. The first kappa shape index (κ1) is 14.7. The molecule has 1 aliphatic rings. The molecule has 3 rings (SSSR count). The van der Waals surface area contributed by atoms with Gasteiger partial charge in [0.2, 0.25) is 0 Å². The maximum Gasteiger partial charge on any atom is 0.195 e. The Labute approximate surface area is 131 Å². The number of ketones is 2. The molecule has 0 aromatic heterocycles. The summed E-state index contributed by atoms with van der Waals surface area (Å²) >= 11 is 0. The first-order valence-corrected chi connectivity index (χ1v) is 7.56. The highest BCUT2D eigenvalue weighted by atomic mass is 16.1. The average Bonchev–Trinajstić information content (AvgIpc) is 2.44. The zero-order chi connectivity index (χ0) is 16.3. The molecule has 2 aromatic rings. The van der Waals surface area contributed by atoms with E-state index in [-0.39, 0.29) is 11.6 Å². The number of aryl methyl sites for hydroxylation is 4. The van der Waals surface area contributed by atoms with Crippen molar-refractivity contribution < 1.29 is 9.59 Å². The fourth-order valence-electron chi connectivity index (χ4n) is 3.58. The van der Waals surface area contributed by atoms with E-state index in [2.05, 4.69) is 0 Å². The highest BCUT2D eigenvalue weighted by molar-refractivity contribution is 6.30. The largest absolute Gasteiger partial charge is 0.289 e. The molecule has 0 spiro atoms. The zero-order valence-electron chi connectivity index (χ0n) is 14.0. The quantitative estimate of drug-likeness (QED) is 0.618. The van der Waals surface area contributed by atoms with Crippen LogP contribution < -0.4 is 0 Å². The Bertz CT molecular complexity index is 797. The van der Waals surface area contributed by atoms with E-state index in [0.717, 1.165) is 33.4 Å². The van der Waals surface area contributed by atoms with E-state index in [9.17, 15) is 9.59 Å². The van der Waals surface area contributed by atoms with Gasteiger partial charge in [0.1, 0.15) is 0 Å². The minimum absolute atomic E-state index is 0.00509. The van der Waals surface area contributed by atoms with Crippen molar-refractivity contribution in [2.24, 2.45) is 0 Å². The molecule has 0 bridgehead atoms. The van der Waals surface area contributed by atoms with E-state index in [4.69, 9.17) is 0 Å². The van der Waals surface area contributed by atoms with Gasteiger partial charge in [-0.2, -0.15) is 0 Å². The van der Waals surface area contributed by atoms with Crippen molar-refractivity contribution in [2.75, 3.05) is 0 Å². The summed E-state index contributed by atoms with van der Waals surface area (Å²) in [6.45, 7) is 11.7. The minimum atomic E-state index is -0.00509. The third-order valence-corrected chi connectivity index (χ3v) is 5.00. The molecule has 2 aromatic carbocycles. The van der Waals surface area contributed by atoms with Crippen LogP contribution >= 0.6 is 0 Å². The number of hydrogen-bond acceptors (Lipinski definition) is 2. The fourth-order valence-corrected chi connectivity index (χ4v) is 3.58. The maximum absolute atomic E-state index is 13.1. The van der Waals surface area contributed by atoms with Gasteiger partial charge < -0.3 is 0 Å². The molecule has 0 aliphatic heterocycles. The molecule has 0 N–H and O–H groups in total. The summed E-state index contributed by atoms with van der Waals surface area (Å²) in [6, 6.07) is 4.00. The van der Waals surface area contributed by atoms with Gasteiger partial charge >= 0.3 is 0 Å². The summed E-state index contributed by atoms with van der Waals surface area (Å²) < 4.78 is 0. The Kier molecular flexibility index (Phi) is 3.10. The predicted molar refractivity (Wildman–Crippen MR) is 88.2 cm³/mol. The van der Waals surface area contributed by atoms with Crippen LogP contribution in [0.25, 0.3) is 0 Å². The third-order valence-electron chi connectivity index (χ3n) is 5.00. The first-order valence-electron chi connectivity index (χ1n) is 7.56. The lowest BCUT2D eigenvalue weighted by molar-refractivity contribution is 0.0976. The van der Waals surface area contributed by atoms with Crippen LogP contribution in [0.1, 0.15) is 65.2 Å². The molecular formula is C20H20O2. The minimum Gasteiger partial charge on any atom is -0.289 e. The second kappa shape index (κ2) is 4.64. The van der Waals surface area contributed by atoms with Gasteiger partial charge in [0.05, 0.1) is 0 Å². The number of carbonyl (C=O) groups excluding carboxylic acids is 2. The highest BCUT2D eigenvalue weighted by Gasteiger charge is 2.35. The molecule has 1 aliphatic carbocycles. The van der Waals surface area contributed by atoms with E-state index >= 15 is 0 Å². The zero-order valence-corrected chi connectivity index (χ0v) is 14.0. The summed E-state index contributed by atoms with van der Waals surface area (Å²) in [5, 5.41) is 0. The molecule has 22 heavy (non-hydrogen) atoms. The van der Waals surface area contributed by atoms with Crippen molar-refractivity contribution in [3.8, 4) is 0 Å². The molecular weight excluding hydrogens is 272 g/mol. The van der Waals surface area contributed by atoms with Crippen LogP contribution in [0.4, 0.5) is 0 Å². The first-order chi connectivity index (χ1) is 10.3. The van der Waals surface area contributed by atoms with Crippen LogP contribution in [0, 0.1) is 41.5 Å². The van der Waals surface area contributed by atoms with Crippen molar-refractivity contribution in [3.05, 3.63) is 67.8 Å². The Hall–Kier alpha value is -2.22. The normalized spacial score (nSPS) is 13.2.